The van der Waals surface area contributed by atoms with Crippen LogP contribution in [0.15, 0.2) is 18.2 Å². The normalized spacial score (nSPS) is 26.1. The number of morpholine rings is 1. The molecule has 0 bridgehead atoms. The molecule has 1 saturated heterocycles. The molecule has 2 atom stereocenters. The summed E-state index contributed by atoms with van der Waals surface area (Å²) >= 11 is 5.25. The number of anilines is 1. The summed E-state index contributed by atoms with van der Waals surface area (Å²) in [6.07, 6.45) is 5.32. The molecular weight excluding hydrogens is 268 g/mol. The first-order valence-corrected chi connectivity index (χ1v) is 7.86. The molecule has 1 aromatic carbocycles. The molecule has 2 aliphatic rings. The quantitative estimate of drug-likeness (QED) is 0.850. The molecule has 4 heteroatoms. The molecule has 2 fully saturated rings. The van der Waals surface area contributed by atoms with Gasteiger partial charge in [-0.3, -0.25) is 0 Å². The van der Waals surface area contributed by atoms with Gasteiger partial charge in [-0.2, -0.15) is 0 Å². The molecule has 1 aromatic rings. The average Bonchev–Trinajstić information content (AvgIpc) is 2.46. The van der Waals surface area contributed by atoms with Crippen molar-refractivity contribution in [3.8, 4) is 0 Å². The third-order valence-electron chi connectivity index (χ3n) is 4.46. The molecule has 2 N–H and O–H groups in total. The Balaban J connectivity index is 1.96. The van der Waals surface area contributed by atoms with Crippen molar-refractivity contribution in [2.45, 2.75) is 44.8 Å². The number of rotatable bonds is 2. The van der Waals surface area contributed by atoms with Crippen LogP contribution in [-0.2, 0) is 4.74 Å². The van der Waals surface area contributed by atoms with Gasteiger partial charge in [-0.25, -0.2) is 0 Å². The molecule has 0 spiro atoms. The Hall–Kier alpha value is -1.13. The van der Waals surface area contributed by atoms with E-state index >= 15 is 0 Å². The molecule has 3 rings (SSSR count). The van der Waals surface area contributed by atoms with Crippen molar-refractivity contribution in [1.82, 2.24) is 0 Å². The van der Waals surface area contributed by atoms with Crippen LogP contribution in [0.2, 0.25) is 0 Å². The van der Waals surface area contributed by atoms with E-state index in [2.05, 4.69) is 30.0 Å². The number of nitrogens with two attached hydrogens (primary N) is 1. The van der Waals surface area contributed by atoms with Crippen LogP contribution in [0.1, 0.15) is 36.8 Å². The fraction of sp³-hybridized carbons (Fsp3) is 0.562. The van der Waals surface area contributed by atoms with E-state index in [9.17, 15) is 0 Å². The van der Waals surface area contributed by atoms with Gasteiger partial charge in [0.1, 0.15) is 4.99 Å². The van der Waals surface area contributed by atoms with Gasteiger partial charge in [-0.05, 0) is 31.9 Å². The third kappa shape index (κ3) is 2.54. The van der Waals surface area contributed by atoms with E-state index in [1.807, 2.05) is 0 Å². The zero-order chi connectivity index (χ0) is 14.1. The Morgan fingerprint density at radius 1 is 1.35 bits per heavy atom. The lowest BCUT2D eigenvalue weighted by Crippen LogP contribution is -2.53. The summed E-state index contributed by atoms with van der Waals surface area (Å²) in [6, 6.07) is 6.89. The van der Waals surface area contributed by atoms with E-state index < -0.39 is 0 Å². The molecule has 1 aliphatic heterocycles. The molecule has 0 aromatic heterocycles. The third-order valence-corrected chi connectivity index (χ3v) is 4.68. The number of ether oxygens (including phenoxy) is 1. The van der Waals surface area contributed by atoms with Gasteiger partial charge in [0.25, 0.3) is 0 Å². The van der Waals surface area contributed by atoms with Crippen LogP contribution in [0.25, 0.3) is 0 Å². The predicted octanol–water partition coefficient (Wildman–Crippen LogP) is 2.78. The van der Waals surface area contributed by atoms with Crippen molar-refractivity contribution in [3.63, 3.8) is 0 Å². The summed E-state index contributed by atoms with van der Waals surface area (Å²) in [6.45, 7) is 3.81. The van der Waals surface area contributed by atoms with E-state index in [1.54, 1.807) is 0 Å². The van der Waals surface area contributed by atoms with E-state index in [0.717, 1.165) is 18.7 Å². The topological polar surface area (TPSA) is 38.5 Å². The van der Waals surface area contributed by atoms with E-state index in [4.69, 9.17) is 22.7 Å². The molecule has 0 amide bonds. The zero-order valence-corrected chi connectivity index (χ0v) is 12.8. The maximum atomic E-state index is 5.95. The summed E-state index contributed by atoms with van der Waals surface area (Å²) in [7, 11) is 0. The number of hydrogen-bond donors (Lipinski definition) is 1. The molecule has 2 unspecified atom stereocenters. The van der Waals surface area contributed by atoms with Crippen LogP contribution in [-0.4, -0.2) is 30.3 Å². The van der Waals surface area contributed by atoms with Crippen LogP contribution in [0.5, 0.6) is 0 Å². The Labute approximate surface area is 126 Å². The van der Waals surface area contributed by atoms with Gasteiger partial charge < -0.3 is 15.4 Å². The minimum atomic E-state index is 0.373. The predicted molar refractivity (Wildman–Crippen MR) is 86.4 cm³/mol. The molecule has 108 valence electrons. The SMILES string of the molecule is Cc1ccc(N2CCOC3CCCCC32)c(C(N)=S)c1. The van der Waals surface area contributed by atoms with Crippen LogP contribution in [0, 0.1) is 6.92 Å². The van der Waals surface area contributed by atoms with E-state index in [0.29, 0.717) is 17.1 Å². The van der Waals surface area contributed by atoms with E-state index in [1.165, 1.54) is 36.9 Å². The standard InChI is InChI=1S/C16H22N2OS/c1-11-6-7-13(12(10-11)16(17)20)18-8-9-19-15-5-3-2-4-14(15)18/h6-7,10,14-15H,2-5,8-9H2,1H3,(H2,17,20). The fourth-order valence-corrected chi connectivity index (χ4v) is 3.66. The van der Waals surface area contributed by atoms with Crippen molar-refractivity contribution in [3.05, 3.63) is 29.3 Å². The molecule has 3 nitrogen and oxygen atoms in total. The summed E-state index contributed by atoms with van der Waals surface area (Å²) in [5.74, 6) is 0. The molecule has 0 radical (unpaired) electrons. The highest BCUT2D eigenvalue weighted by molar-refractivity contribution is 7.80. The maximum absolute atomic E-state index is 5.95. The van der Waals surface area contributed by atoms with Crippen LogP contribution in [0.4, 0.5) is 5.69 Å². The molecule has 1 aliphatic carbocycles. The number of thiocarbonyl (C=S) groups is 1. The van der Waals surface area contributed by atoms with Crippen LogP contribution < -0.4 is 10.6 Å². The summed E-state index contributed by atoms with van der Waals surface area (Å²) in [5, 5.41) is 0. The minimum absolute atomic E-state index is 0.373. The monoisotopic (exact) mass is 290 g/mol. The second kappa shape index (κ2) is 5.70. The highest BCUT2D eigenvalue weighted by Gasteiger charge is 2.35. The highest BCUT2D eigenvalue weighted by atomic mass is 32.1. The second-order valence-electron chi connectivity index (χ2n) is 5.84. The van der Waals surface area contributed by atoms with Gasteiger partial charge in [0.05, 0.1) is 18.8 Å². The first kappa shape index (κ1) is 13.8. The van der Waals surface area contributed by atoms with Gasteiger partial charge in [0.15, 0.2) is 0 Å². The first-order valence-electron chi connectivity index (χ1n) is 7.45. The number of aryl methyl sites for hydroxylation is 1. The van der Waals surface area contributed by atoms with Crippen molar-refractivity contribution < 1.29 is 4.74 Å². The lowest BCUT2D eigenvalue weighted by atomic mass is 9.89. The zero-order valence-electron chi connectivity index (χ0n) is 12.0. The molecular formula is C16H22N2OS. The summed E-state index contributed by atoms with van der Waals surface area (Å²) < 4.78 is 5.95. The largest absolute Gasteiger partial charge is 0.389 e. The lowest BCUT2D eigenvalue weighted by Gasteiger charge is -2.45. The Kier molecular flexibility index (Phi) is 3.94. The lowest BCUT2D eigenvalue weighted by molar-refractivity contribution is -0.00868. The number of fused-ring (bicyclic) bond motifs is 1. The molecule has 20 heavy (non-hydrogen) atoms. The summed E-state index contributed by atoms with van der Waals surface area (Å²) in [4.78, 5) is 2.96. The Bertz CT molecular complexity index is 515. The van der Waals surface area contributed by atoms with Crippen molar-refractivity contribution in [1.29, 1.82) is 0 Å². The van der Waals surface area contributed by atoms with Crippen molar-refractivity contribution >= 4 is 22.9 Å². The van der Waals surface area contributed by atoms with Crippen LogP contribution in [0.3, 0.4) is 0 Å². The molecule has 1 heterocycles. The Morgan fingerprint density at radius 2 is 2.15 bits per heavy atom. The number of benzene rings is 1. The van der Waals surface area contributed by atoms with Gasteiger partial charge in [-0.15, -0.1) is 0 Å². The van der Waals surface area contributed by atoms with Gasteiger partial charge in [0.2, 0.25) is 0 Å². The number of hydrogen-bond acceptors (Lipinski definition) is 3. The smallest absolute Gasteiger partial charge is 0.106 e. The maximum Gasteiger partial charge on any atom is 0.106 e. The average molecular weight is 290 g/mol. The Morgan fingerprint density at radius 3 is 2.95 bits per heavy atom. The summed E-state index contributed by atoms with van der Waals surface area (Å²) in [5.41, 5.74) is 9.32. The highest BCUT2D eigenvalue weighted by Crippen LogP contribution is 2.34. The van der Waals surface area contributed by atoms with Gasteiger partial charge >= 0.3 is 0 Å². The van der Waals surface area contributed by atoms with Crippen LogP contribution >= 0.6 is 12.2 Å². The van der Waals surface area contributed by atoms with Crippen molar-refractivity contribution in [2.24, 2.45) is 5.73 Å². The van der Waals surface area contributed by atoms with Gasteiger partial charge in [-0.1, -0.05) is 36.7 Å². The minimum Gasteiger partial charge on any atom is -0.389 e. The fourth-order valence-electron chi connectivity index (χ4n) is 3.49. The van der Waals surface area contributed by atoms with Crippen molar-refractivity contribution in [2.75, 3.05) is 18.1 Å². The van der Waals surface area contributed by atoms with E-state index in [-0.39, 0.29) is 0 Å². The second-order valence-corrected chi connectivity index (χ2v) is 6.28. The first-order chi connectivity index (χ1) is 9.66. The molecule has 1 saturated carbocycles. The van der Waals surface area contributed by atoms with Gasteiger partial charge in [0, 0.05) is 17.8 Å². The number of nitrogens with zero attached hydrogens (tertiary/aromatic N) is 1.